The molecule has 1 aliphatic heterocycles. The predicted octanol–water partition coefficient (Wildman–Crippen LogP) is 4.09. The van der Waals surface area contributed by atoms with Gasteiger partial charge >= 0.3 is 0 Å². The van der Waals surface area contributed by atoms with Gasteiger partial charge in [-0.25, -0.2) is 4.98 Å². The van der Waals surface area contributed by atoms with Crippen molar-refractivity contribution in [3.05, 3.63) is 45.2 Å². The number of carbonyl (C=O) groups is 1. The van der Waals surface area contributed by atoms with Gasteiger partial charge in [0.15, 0.2) is 0 Å². The van der Waals surface area contributed by atoms with Gasteiger partial charge < -0.3 is 10.6 Å². The van der Waals surface area contributed by atoms with E-state index >= 15 is 0 Å². The lowest BCUT2D eigenvalue weighted by atomic mass is 10.1. The Morgan fingerprint density at radius 1 is 1.18 bits per heavy atom. The van der Waals surface area contributed by atoms with Crippen LogP contribution < -0.4 is 10.6 Å². The van der Waals surface area contributed by atoms with Crippen LogP contribution in [0.1, 0.15) is 45.3 Å². The monoisotopic (exact) mass is 327 g/mol. The Bertz CT molecular complexity index is 894. The minimum Gasteiger partial charge on any atom is -0.358 e. The zero-order valence-electron chi connectivity index (χ0n) is 11.6. The smallest absolute Gasteiger partial charge is 0.265 e. The number of carbonyl (C=O) groups excluding carboxylic acids is 1. The summed E-state index contributed by atoms with van der Waals surface area (Å²) >= 11 is 3.24. The molecule has 1 atom stereocenters. The topological polar surface area (TPSA) is 54.0 Å². The second kappa shape index (κ2) is 4.54. The van der Waals surface area contributed by atoms with Crippen LogP contribution in [0.2, 0.25) is 0 Å². The fraction of sp³-hybridized carbons (Fsp3) is 0.250. The average Bonchev–Trinajstić information content (AvgIpc) is 3.14. The van der Waals surface area contributed by atoms with Crippen LogP contribution in [0.3, 0.4) is 0 Å². The molecule has 5 rings (SSSR count). The highest BCUT2D eigenvalue weighted by Crippen LogP contribution is 2.43. The van der Waals surface area contributed by atoms with E-state index in [-0.39, 0.29) is 12.1 Å². The fourth-order valence-electron chi connectivity index (χ4n) is 2.82. The van der Waals surface area contributed by atoms with Crippen molar-refractivity contribution >= 4 is 44.4 Å². The van der Waals surface area contributed by atoms with Crippen molar-refractivity contribution < 1.29 is 4.79 Å². The zero-order valence-corrected chi connectivity index (χ0v) is 13.3. The van der Waals surface area contributed by atoms with E-state index in [2.05, 4.69) is 28.1 Å². The maximum absolute atomic E-state index is 12.4. The third kappa shape index (κ3) is 1.87. The SMILES string of the molecule is O=C1NC(c2csc(C3CC3)n2)Nc2c1sc1ccccc21. The summed E-state index contributed by atoms with van der Waals surface area (Å²) in [5.41, 5.74) is 1.86. The molecule has 1 aliphatic carbocycles. The van der Waals surface area contributed by atoms with Crippen LogP contribution in [0.4, 0.5) is 5.69 Å². The van der Waals surface area contributed by atoms with Crippen molar-refractivity contribution in [1.29, 1.82) is 0 Å². The van der Waals surface area contributed by atoms with Crippen LogP contribution in [-0.2, 0) is 0 Å². The number of anilines is 1. The van der Waals surface area contributed by atoms with Gasteiger partial charge in [-0.05, 0) is 18.9 Å². The summed E-state index contributed by atoms with van der Waals surface area (Å²) < 4.78 is 1.13. The number of aromatic nitrogens is 1. The van der Waals surface area contributed by atoms with E-state index in [0.29, 0.717) is 5.92 Å². The fourth-order valence-corrected chi connectivity index (χ4v) is 4.91. The van der Waals surface area contributed by atoms with Gasteiger partial charge in [0.05, 0.1) is 16.4 Å². The normalized spacial score (nSPS) is 20.5. The molecule has 3 heterocycles. The maximum atomic E-state index is 12.4. The van der Waals surface area contributed by atoms with Gasteiger partial charge in [0.1, 0.15) is 11.0 Å². The van der Waals surface area contributed by atoms with Crippen molar-refractivity contribution in [3.8, 4) is 0 Å². The largest absolute Gasteiger partial charge is 0.358 e. The Balaban J connectivity index is 1.56. The van der Waals surface area contributed by atoms with Gasteiger partial charge in [-0.15, -0.1) is 22.7 Å². The van der Waals surface area contributed by atoms with Gasteiger partial charge in [-0.1, -0.05) is 18.2 Å². The molecule has 4 nitrogen and oxygen atoms in total. The maximum Gasteiger partial charge on any atom is 0.265 e. The average molecular weight is 327 g/mol. The minimum absolute atomic E-state index is 0.0130. The molecule has 0 saturated heterocycles. The lowest BCUT2D eigenvalue weighted by Crippen LogP contribution is -2.37. The molecular formula is C16H13N3OS2. The number of thiophene rings is 1. The first kappa shape index (κ1) is 12.6. The molecule has 3 aromatic rings. The van der Waals surface area contributed by atoms with Crippen LogP contribution in [0.5, 0.6) is 0 Å². The second-order valence-electron chi connectivity index (χ2n) is 5.74. The summed E-state index contributed by atoms with van der Waals surface area (Å²) in [6, 6.07) is 8.12. The third-order valence-electron chi connectivity index (χ3n) is 4.13. The van der Waals surface area contributed by atoms with E-state index in [0.717, 1.165) is 26.3 Å². The molecule has 0 spiro atoms. The molecule has 6 heteroatoms. The molecule has 1 aromatic carbocycles. The first-order chi connectivity index (χ1) is 10.8. The standard InChI is InChI=1S/C16H13N3OS2/c20-15-13-12(9-3-1-2-4-11(9)22-13)18-14(19-15)10-7-21-16(17-10)8-5-6-8/h1-4,7-8,14,18H,5-6H2,(H,19,20). The third-order valence-corrected chi connectivity index (χ3v) is 6.32. The molecule has 1 saturated carbocycles. The second-order valence-corrected chi connectivity index (χ2v) is 7.68. The van der Waals surface area contributed by atoms with E-state index in [4.69, 9.17) is 4.98 Å². The van der Waals surface area contributed by atoms with E-state index in [1.807, 2.05) is 12.1 Å². The predicted molar refractivity (Wildman–Crippen MR) is 89.7 cm³/mol. The van der Waals surface area contributed by atoms with Gasteiger partial charge in [0, 0.05) is 21.4 Å². The summed E-state index contributed by atoms with van der Waals surface area (Å²) in [7, 11) is 0. The number of fused-ring (bicyclic) bond motifs is 3. The van der Waals surface area contributed by atoms with E-state index in [1.54, 1.807) is 11.3 Å². The molecule has 2 aromatic heterocycles. The van der Waals surface area contributed by atoms with E-state index in [1.165, 1.54) is 29.2 Å². The van der Waals surface area contributed by atoms with Crippen LogP contribution in [0, 0.1) is 0 Å². The number of hydrogen-bond acceptors (Lipinski definition) is 5. The number of nitrogens with zero attached hydrogens (tertiary/aromatic N) is 1. The summed E-state index contributed by atoms with van der Waals surface area (Å²) in [5.74, 6) is 0.636. The van der Waals surface area contributed by atoms with Gasteiger partial charge in [-0.3, -0.25) is 4.79 Å². The number of rotatable bonds is 2. The van der Waals surface area contributed by atoms with Gasteiger partial charge in [0.2, 0.25) is 0 Å². The molecule has 1 unspecified atom stereocenters. The Kier molecular flexibility index (Phi) is 2.60. The molecular weight excluding hydrogens is 314 g/mol. The lowest BCUT2D eigenvalue weighted by molar-refractivity contribution is 0.0939. The highest BCUT2D eigenvalue weighted by molar-refractivity contribution is 7.21. The quantitative estimate of drug-likeness (QED) is 0.745. The Morgan fingerprint density at radius 2 is 2.05 bits per heavy atom. The Morgan fingerprint density at radius 3 is 2.91 bits per heavy atom. The van der Waals surface area contributed by atoms with Crippen molar-refractivity contribution in [3.63, 3.8) is 0 Å². The number of nitrogens with one attached hydrogen (secondary N) is 2. The lowest BCUT2D eigenvalue weighted by Gasteiger charge is -2.24. The highest BCUT2D eigenvalue weighted by Gasteiger charge is 2.32. The number of benzene rings is 1. The van der Waals surface area contributed by atoms with E-state index < -0.39 is 0 Å². The molecule has 0 bridgehead atoms. The van der Waals surface area contributed by atoms with Crippen molar-refractivity contribution in [2.24, 2.45) is 0 Å². The first-order valence-corrected chi connectivity index (χ1v) is 9.03. The summed E-state index contributed by atoms with van der Waals surface area (Å²) in [6.07, 6.45) is 2.26. The number of thiazole rings is 1. The van der Waals surface area contributed by atoms with Crippen molar-refractivity contribution in [2.75, 3.05) is 5.32 Å². The molecule has 0 radical (unpaired) electrons. The van der Waals surface area contributed by atoms with Crippen LogP contribution in [0.25, 0.3) is 10.1 Å². The van der Waals surface area contributed by atoms with Gasteiger partial charge in [0.25, 0.3) is 5.91 Å². The number of amides is 1. The zero-order chi connectivity index (χ0) is 14.7. The molecule has 2 aliphatic rings. The summed E-state index contributed by atoms with van der Waals surface area (Å²) in [4.78, 5) is 17.9. The highest BCUT2D eigenvalue weighted by atomic mass is 32.1. The molecule has 2 N–H and O–H groups in total. The van der Waals surface area contributed by atoms with Crippen LogP contribution >= 0.6 is 22.7 Å². The van der Waals surface area contributed by atoms with Crippen LogP contribution in [-0.4, -0.2) is 10.9 Å². The molecule has 1 fully saturated rings. The minimum atomic E-state index is -0.234. The Labute approximate surface area is 135 Å². The van der Waals surface area contributed by atoms with Crippen molar-refractivity contribution in [1.82, 2.24) is 10.3 Å². The summed E-state index contributed by atoms with van der Waals surface area (Å²) in [6.45, 7) is 0. The van der Waals surface area contributed by atoms with Gasteiger partial charge in [-0.2, -0.15) is 0 Å². The van der Waals surface area contributed by atoms with Crippen molar-refractivity contribution in [2.45, 2.75) is 24.9 Å². The van der Waals surface area contributed by atoms with Crippen LogP contribution in [0.15, 0.2) is 29.6 Å². The Hall–Kier alpha value is -1.92. The number of hydrogen-bond donors (Lipinski definition) is 2. The summed E-state index contributed by atoms with van der Waals surface area (Å²) in [5, 5.41) is 10.9. The molecule has 22 heavy (non-hydrogen) atoms. The first-order valence-electron chi connectivity index (χ1n) is 7.34. The van der Waals surface area contributed by atoms with E-state index in [9.17, 15) is 4.79 Å². The molecule has 110 valence electrons. The molecule has 1 amide bonds.